The van der Waals surface area contributed by atoms with E-state index < -0.39 is 0 Å². The van der Waals surface area contributed by atoms with Gasteiger partial charge in [0.1, 0.15) is 0 Å². The highest BCUT2D eigenvalue weighted by atomic mass is 14.7. The molecule has 0 aliphatic heterocycles. The van der Waals surface area contributed by atoms with Crippen LogP contribution < -0.4 is 0 Å². The van der Waals surface area contributed by atoms with Gasteiger partial charge in [-0.25, -0.2) is 0 Å². The van der Waals surface area contributed by atoms with Crippen molar-refractivity contribution in [3.63, 3.8) is 0 Å². The van der Waals surface area contributed by atoms with E-state index in [2.05, 4.69) is 111 Å². The number of pyridine rings is 1. The van der Waals surface area contributed by atoms with Gasteiger partial charge in [0.2, 0.25) is 0 Å². The van der Waals surface area contributed by atoms with E-state index in [1.54, 1.807) is 0 Å². The molecule has 0 radical (unpaired) electrons. The van der Waals surface area contributed by atoms with Crippen molar-refractivity contribution in [1.82, 2.24) is 4.98 Å². The average molecular weight is 388 g/mol. The number of benzene rings is 4. The molecule has 0 aliphatic rings. The molecule has 1 heteroatoms. The van der Waals surface area contributed by atoms with Crippen molar-refractivity contribution in [3.8, 4) is 22.4 Å². The Bertz CT molecular complexity index is 1360. The maximum absolute atomic E-state index is 4.69. The molecule has 0 saturated heterocycles. The van der Waals surface area contributed by atoms with E-state index in [1.165, 1.54) is 43.8 Å². The van der Waals surface area contributed by atoms with Gasteiger partial charge in [-0.3, -0.25) is 4.98 Å². The van der Waals surface area contributed by atoms with Crippen LogP contribution in [0.4, 0.5) is 0 Å². The summed E-state index contributed by atoms with van der Waals surface area (Å²) in [4.78, 5) is 4.69. The van der Waals surface area contributed by atoms with Crippen molar-refractivity contribution in [1.29, 1.82) is 0 Å². The van der Waals surface area contributed by atoms with Crippen LogP contribution >= 0.6 is 0 Å². The van der Waals surface area contributed by atoms with Gasteiger partial charge in [-0.05, 0) is 74.8 Å². The normalized spacial score (nSPS) is 11.5. The number of nitrogens with zero attached hydrogens (tertiary/aromatic N) is 1. The summed E-state index contributed by atoms with van der Waals surface area (Å²) in [6.07, 6.45) is 1.93. The summed E-state index contributed by atoms with van der Waals surface area (Å²) in [5.74, 6) is 0.485. The van der Waals surface area contributed by atoms with Gasteiger partial charge >= 0.3 is 0 Å². The molecule has 0 saturated carbocycles. The fraction of sp³-hybridized carbons (Fsp3) is 0.138. The Morgan fingerprint density at radius 3 is 2.10 bits per heavy atom. The molecule has 0 unspecified atom stereocenters. The second-order valence-corrected chi connectivity index (χ2v) is 8.30. The first-order chi connectivity index (χ1) is 14.6. The number of aryl methyl sites for hydroxylation is 1. The van der Waals surface area contributed by atoms with Crippen molar-refractivity contribution in [2.75, 3.05) is 0 Å². The molecule has 4 aromatic carbocycles. The van der Waals surface area contributed by atoms with E-state index in [0.29, 0.717) is 5.92 Å². The molecule has 0 aliphatic carbocycles. The molecule has 0 fully saturated rings. The van der Waals surface area contributed by atoms with Gasteiger partial charge in [0.25, 0.3) is 0 Å². The van der Waals surface area contributed by atoms with E-state index in [1.807, 2.05) is 6.20 Å². The number of hydrogen-bond acceptors (Lipinski definition) is 1. The molecule has 1 heterocycles. The first kappa shape index (κ1) is 18.6. The number of rotatable bonds is 3. The summed E-state index contributed by atoms with van der Waals surface area (Å²) in [6.45, 7) is 6.69. The summed E-state index contributed by atoms with van der Waals surface area (Å²) >= 11 is 0. The molecular weight excluding hydrogens is 362 g/mol. The van der Waals surface area contributed by atoms with Gasteiger partial charge in [0.05, 0.1) is 5.69 Å². The molecule has 0 amide bonds. The third kappa shape index (κ3) is 3.07. The van der Waals surface area contributed by atoms with Crippen LogP contribution in [0.3, 0.4) is 0 Å². The number of fused-ring (bicyclic) bond motifs is 3. The Morgan fingerprint density at radius 2 is 1.33 bits per heavy atom. The second-order valence-electron chi connectivity index (χ2n) is 8.30. The molecule has 5 rings (SSSR count). The first-order valence-corrected chi connectivity index (χ1v) is 10.6. The zero-order chi connectivity index (χ0) is 20.7. The maximum atomic E-state index is 4.69. The van der Waals surface area contributed by atoms with Crippen LogP contribution in [0.2, 0.25) is 0 Å². The topological polar surface area (TPSA) is 12.9 Å². The lowest BCUT2D eigenvalue weighted by Crippen LogP contribution is -1.93. The van der Waals surface area contributed by atoms with Crippen molar-refractivity contribution >= 4 is 21.5 Å². The third-order valence-electron chi connectivity index (χ3n) is 6.09. The van der Waals surface area contributed by atoms with Crippen LogP contribution in [0.5, 0.6) is 0 Å². The highest BCUT2D eigenvalue weighted by molar-refractivity contribution is 6.16. The van der Waals surface area contributed by atoms with Crippen molar-refractivity contribution in [2.45, 2.75) is 26.7 Å². The summed E-state index contributed by atoms with van der Waals surface area (Å²) in [5.41, 5.74) is 7.41. The zero-order valence-corrected chi connectivity index (χ0v) is 17.7. The van der Waals surface area contributed by atoms with Crippen LogP contribution in [-0.2, 0) is 0 Å². The second kappa shape index (κ2) is 7.42. The van der Waals surface area contributed by atoms with E-state index >= 15 is 0 Å². The number of hydrogen-bond donors (Lipinski definition) is 0. The summed E-state index contributed by atoms with van der Waals surface area (Å²) in [5, 5.41) is 5.20. The lowest BCUT2D eigenvalue weighted by atomic mass is 9.87. The van der Waals surface area contributed by atoms with Crippen LogP contribution in [0.15, 0.2) is 91.1 Å². The molecule has 1 nitrogen and oxygen atoms in total. The fourth-order valence-corrected chi connectivity index (χ4v) is 4.47. The summed E-state index contributed by atoms with van der Waals surface area (Å²) in [7, 11) is 0. The molecule has 0 bridgehead atoms. The van der Waals surface area contributed by atoms with Crippen LogP contribution in [0.1, 0.15) is 30.9 Å². The third-order valence-corrected chi connectivity index (χ3v) is 6.09. The molecule has 0 spiro atoms. The van der Waals surface area contributed by atoms with Crippen molar-refractivity contribution in [2.24, 2.45) is 0 Å². The zero-order valence-electron chi connectivity index (χ0n) is 17.7. The van der Waals surface area contributed by atoms with Crippen LogP contribution in [-0.4, -0.2) is 4.98 Å². The predicted molar refractivity (Wildman–Crippen MR) is 129 cm³/mol. The standard InChI is InChI=1S/C29H25N/c1-19(2)22-15-16-30-28(18-22)23-13-14-26-25-12-8-7-11-24(25)20(3)29(27(26)17-23)21-9-5-4-6-10-21/h4-19H,1-3H3. The van der Waals surface area contributed by atoms with Gasteiger partial charge < -0.3 is 0 Å². The minimum atomic E-state index is 0.485. The van der Waals surface area contributed by atoms with E-state index in [0.717, 1.165) is 11.3 Å². The quantitative estimate of drug-likeness (QED) is 0.285. The van der Waals surface area contributed by atoms with Gasteiger partial charge in [0, 0.05) is 11.8 Å². The molecule has 0 N–H and O–H groups in total. The maximum Gasteiger partial charge on any atom is 0.0705 e. The lowest BCUT2D eigenvalue weighted by Gasteiger charge is -2.16. The Hall–Kier alpha value is -3.45. The minimum absolute atomic E-state index is 0.485. The van der Waals surface area contributed by atoms with E-state index in [-0.39, 0.29) is 0 Å². The highest BCUT2D eigenvalue weighted by Gasteiger charge is 2.14. The number of aromatic nitrogens is 1. The van der Waals surface area contributed by atoms with E-state index in [9.17, 15) is 0 Å². The monoisotopic (exact) mass is 387 g/mol. The van der Waals surface area contributed by atoms with Crippen molar-refractivity contribution in [3.05, 3.63) is 102 Å². The molecule has 30 heavy (non-hydrogen) atoms. The Morgan fingerprint density at radius 1 is 0.633 bits per heavy atom. The molecule has 5 aromatic rings. The molecular formula is C29H25N. The van der Waals surface area contributed by atoms with Gasteiger partial charge in [-0.2, -0.15) is 0 Å². The molecule has 1 aromatic heterocycles. The Balaban J connectivity index is 1.85. The summed E-state index contributed by atoms with van der Waals surface area (Å²) in [6, 6.07) is 30.6. The fourth-order valence-electron chi connectivity index (χ4n) is 4.47. The Kier molecular flexibility index (Phi) is 4.59. The molecule has 0 atom stereocenters. The SMILES string of the molecule is Cc1c(-c2ccccc2)c2cc(-c3cc(C(C)C)ccn3)ccc2c2ccccc12. The highest BCUT2D eigenvalue weighted by Crippen LogP contribution is 2.40. The van der Waals surface area contributed by atoms with Crippen LogP contribution in [0, 0.1) is 6.92 Å². The predicted octanol–water partition coefficient (Wildman–Crippen LogP) is 8.15. The largest absolute Gasteiger partial charge is 0.256 e. The summed E-state index contributed by atoms with van der Waals surface area (Å²) < 4.78 is 0. The van der Waals surface area contributed by atoms with Crippen LogP contribution in [0.25, 0.3) is 43.9 Å². The van der Waals surface area contributed by atoms with Gasteiger partial charge in [-0.1, -0.05) is 80.6 Å². The average Bonchev–Trinajstić information content (AvgIpc) is 2.80. The van der Waals surface area contributed by atoms with Gasteiger partial charge in [-0.15, -0.1) is 0 Å². The van der Waals surface area contributed by atoms with Gasteiger partial charge in [0.15, 0.2) is 0 Å². The van der Waals surface area contributed by atoms with E-state index in [4.69, 9.17) is 0 Å². The van der Waals surface area contributed by atoms with Crippen molar-refractivity contribution < 1.29 is 0 Å². The first-order valence-electron chi connectivity index (χ1n) is 10.6. The molecule has 146 valence electrons. The lowest BCUT2D eigenvalue weighted by molar-refractivity contribution is 0.864. The Labute approximate surface area is 178 Å². The smallest absolute Gasteiger partial charge is 0.0705 e. The minimum Gasteiger partial charge on any atom is -0.256 e.